The Morgan fingerprint density at radius 2 is 1.75 bits per heavy atom. The Hall–Kier alpha value is -2.61. The zero-order chi connectivity index (χ0) is 22.9. The molecule has 0 radical (unpaired) electrons. The number of amides is 1. The maximum absolute atomic E-state index is 13.6. The molecule has 1 aliphatic rings. The molecule has 1 fully saturated rings. The lowest BCUT2D eigenvalue weighted by Crippen LogP contribution is -2.52. The maximum Gasteiger partial charge on any atom is 0.254 e. The van der Waals surface area contributed by atoms with E-state index in [1.807, 2.05) is 11.0 Å². The highest BCUT2D eigenvalue weighted by Crippen LogP contribution is 2.29. The predicted octanol–water partition coefficient (Wildman–Crippen LogP) is 3.43. The number of hydrogen-bond donors (Lipinski definition) is 0. The summed E-state index contributed by atoms with van der Waals surface area (Å²) in [5.41, 5.74) is 1.83. The summed E-state index contributed by atoms with van der Waals surface area (Å²) < 4.78 is 21.6. The van der Waals surface area contributed by atoms with Crippen LogP contribution in [0.25, 0.3) is 0 Å². The molecule has 1 aliphatic heterocycles. The van der Waals surface area contributed by atoms with Gasteiger partial charge in [-0.1, -0.05) is 30.3 Å². The fourth-order valence-electron chi connectivity index (χ4n) is 4.21. The maximum atomic E-state index is 13.6. The van der Waals surface area contributed by atoms with Gasteiger partial charge >= 0.3 is 0 Å². The summed E-state index contributed by atoms with van der Waals surface area (Å²) in [5, 5.41) is 0. The number of benzene rings is 2. The first-order chi connectivity index (χ1) is 15.6. The van der Waals surface area contributed by atoms with Crippen LogP contribution in [0, 0.1) is 0 Å². The predicted molar refractivity (Wildman–Crippen MR) is 123 cm³/mol. The van der Waals surface area contributed by atoms with Crippen molar-refractivity contribution >= 4 is 5.91 Å². The van der Waals surface area contributed by atoms with Crippen molar-refractivity contribution in [3.8, 4) is 11.5 Å². The monoisotopic (exact) mass is 442 g/mol. The van der Waals surface area contributed by atoms with Crippen LogP contribution in [0.3, 0.4) is 0 Å². The molecule has 1 atom stereocenters. The van der Waals surface area contributed by atoms with E-state index in [4.69, 9.17) is 18.9 Å². The molecule has 1 heterocycles. The first-order valence-electron chi connectivity index (χ1n) is 10.9. The van der Waals surface area contributed by atoms with Gasteiger partial charge in [0, 0.05) is 38.9 Å². The van der Waals surface area contributed by atoms with Crippen LogP contribution in [-0.2, 0) is 16.0 Å². The van der Waals surface area contributed by atoms with Crippen molar-refractivity contribution < 1.29 is 23.7 Å². The van der Waals surface area contributed by atoms with E-state index in [9.17, 15) is 4.79 Å². The summed E-state index contributed by atoms with van der Waals surface area (Å²) in [5.74, 6) is 1.05. The second-order valence-electron chi connectivity index (χ2n) is 7.95. The highest BCUT2D eigenvalue weighted by atomic mass is 16.7. The van der Waals surface area contributed by atoms with Crippen LogP contribution in [0.4, 0.5) is 0 Å². The molecule has 3 rings (SSSR count). The summed E-state index contributed by atoms with van der Waals surface area (Å²) in [6.45, 7) is 3.04. The van der Waals surface area contributed by atoms with E-state index < -0.39 is 6.29 Å². The van der Waals surface area contributed by atoms with Gasteiger partial charge in [0.15, 0.2) is 17.8 Å². The third kappa shape index (κ3) is 6.00. The van der Waals surface area contributed by atoms with E-state index in [0.717, 1.165) is 32.5 Å². The first-order valence-corrected chi connectivity index (χ1v) is 10.9. The number of hydrogen-bond acceptors (Lipinski definition) is 6. The third-order valence-electron chi connectivity index (χ3n) is 5.93. The van der Waals surface area contributed by atoms with Gasteiger partial charge in [-0.15, -0.1) is 0 Å². The van der Waals surface area contributed by atoms with E-state index in [2.05, 4.69) is 29.2 Å². The van der Waals surface area contributed by atoms with E-state index in [1.54, 1.807) is 46.6 Å². The zero-order valence-corrected chi connectivity index (χ0v) is 19.5. The van der Waals surface area contributed by atoms with Crippen LogP contribution in [0.15, 0.2) is 48.5 Å². The second kappa shape index (κ2) is 11.9. The average Bonchev–Trinajstić information content (AvgIpc) is 2.84. The number of carbonyl (C=O) groups excluding carboxylic acids is 1. The minimum Gasteiger partial charge on any atom is -0.493 e. The average molecular weight is 443 g/mol. The highest BCUT2D eigenvalue weighted by Gasteiger charge is 2.31. The molecule has 2 aromatic carbocycles. The summed E-state index contributed by atoms with van der Waals surface area (Å²) in [6, 6.07) is 15.8. The van der Waals surface area contributed by atoms with Gasteiger partial charge in [0.1, 0.15) is 0 Å². The van der Waals surface area contributed by atoms with E-state index >= 15 is 0 Å². The number of nitrogens with zero attached hydrogens (tertiary/aromatic N) is 2. The van der Waals surface area contributed by atoms with E-state index in [0.29, 0.717) is 23.6 Å². The van der Waals surface area contributed by atoms with Gasteiger partial charge in [0.2, 0.25) is 0 Å². The summed E-state index contributed by atoms with van der Waals surface area (Å²) in [4.78, 5) is 17.9. The lowest BCUT2D eigenvalue weighted by molar-refractivity contribution is -0.117. The van der Waals surface area contributed by atoms with E-state index in [-0.39, 0.29) is 11.9 Å². The van der Waals surface area contributed by atoms with Crippen LogP contribution >= 0.6 is 0 Å². The van der Waals surface area contributed by atoms with Crippen LogP contribution in [-0.4, -0.2) is 76.1 Å². The molecular weight excluding hydrogens is 408 g/mol. The molecule has 174 valence electrons. The molecule has 7 nitrogen and oxygen atoms in total. The normalized spacial score (nSPS) is 16.7. The second-order valence-corrected chi connectivity index (χ2v) is 7.95. The lowest BCUT2D eigenvalue weighted by atomic mass is 10.0. The quantitative estimate of drug-likeness (QED) is 0.526. The smallest absolute Gasteiger partial charge is 0.254 e. The molecule has 0 aliphatic carbocycles. The van der Waals surface area contributed by atoms with Gasteiger partial charge in [-0.2, -0.15) is 0 Å². The van der Waals surface area contributed by atoms with Gasteiger partial charge in [0.05, 0.1) is 20.8 Å². The van der Waals surface area contributed by atoms with Crippen molar-refractivity contribution in [1.29, 1.82) is 0 Å². The topological polar surface area (TPSA) is 60.5 Å². The highest BCUT2D eigenvalue weighted by molar-refractivity contribution is 5.95. The van der Waals surface area contributed by atoms with Crippen molar-refractivity contribution in [2.75, 3.05) is 48.1 Å². The van der Waals surface area contributed by atoms with Crippen molar-refractivity contribution in [1.82, 2.24) is 9.80 Å². The fourth-order valence-corrected chi connectivity index (χ4v) is 4.21. The molecule has 1 amide bonds. The molecule has 0 aromatic heterocycles. The van der Waals surface area contributed by atoms with Gasteiger partial charge < -0.3 is 23.8 Å². The number of rotatable bonds is 10. The molecule has 1 saturated heterocycles. The Morgan fingerprint density at radius 3 is 2.41 bits per heavy atom. The fraction of sp³-hybridized carbons (Fsp3) is 0.480. The Labute approximate surface area is 190 Å². The largest absolute Gasteiger partial charge is 0.493 e. The Kier molecular flexibility index (Phi) is 8.90. The van der Waals surface area contributed by atoms with Crippen molar-refractivity contribution in [2.24, 2.45) is 0 Å². The minimum atomic E-state index is -0.497. The summed E-state index contributed by atoms with van der Waals surface area (Å²) in [7, 11) is 6.33. The third-order valence-corrected chi connectivity index (χ3v) is 5.93. The summed E-state index contributed by atoms with van der Waals surface area (Å²) >= 11 is 0. The molecule has 0 bridgehead atoms. The number of likely N-dealkylation sites (tertiary alicyclic amines) is 1. The first kappa shape index (κ1) is 24.0. The molecule has 2 aromatic rings. The Morgan fingerprint density at radius 1 is 1.03 bits per heavy atom. The molecule has 0 saturated carbocycles. The molecular formula is C25H34N2O5. The Balaban J connectivity index is 1.82. The zero-order valence-electron chi connectivity index (χ0n) is 19.5. The number of methoxy groups -OCH3 is 4. The van der Waals surface area contributed by atoms with Gasteiger partial charge in [-0.05, 0) is 43.1 Å². The molecule has 32 heavy (non-hydrogen) atoms. The van der Waals surface area contributed by atoms with Gasteiger partial charge in [0.25, 0.3) is 5.91 Å². The van der Waals surface area contributed by atoms with Crippen LogP contribution in [0.5, 0.6) is 11.5 Å². The Bertz CT molecular complexity index is 857. The standard InChI is InChI=1S/C25H34N2O5/c1-29-22-13-12-20(15-23(22)30-2)25(28)27(18-24(31-3)32-4)21-11-8-14-26(17-21)16-19-9-6-5-7-10-19/h5-7,9-10,12-13,15,21,24H,8,11,14,16-18H2,1-4H3. The van der Waals surface area contributed by atoms with E-state index in [1.165, 1.54) is 5.56 Å². The number of ether oxygens (including phenoxy) is 4. The minimum absolute atomic E-state index is 0.0564. The lowest BCUT2D eigenvalue weighted by Gasteiger charge is -2.40. The van der Waals surface area contributed by atoms with Crippen LogP contribution in [0.1, 0.15) is 28.8 Å². The number of piperidine rings is 1. The van der Waals surface area contributed by atoms with Crippen LogP contribution < -0.4 is 9.47 Å². The van der Waals surface area contributed by atoms with Crippen molar-refractivity contribution in [3.05, 3.63) is 59.7 Å². The molecule has 7 heteroatoms. The molecule has 1 unspecified atom stereocenters. The van der Waals surface area contributed by atoms with Crippen LogP contribution in [0.2, 0.25) is 0 Å². The molecule has 0 spiro atoms. The van der Waals surface area contributed by atoms with Crippen molar-refractivity contribution in [3.63, 3.8) is 0 Å². The SMILES string of the molecule is COc1ccc(C(=O)N(CC(OC)OC)C2CCCN(Cc3ccccc3)C2)cc1OC. The van der Waals surface area contributed by atoms with Gasteiger partial charge in [-0.25, -0.2) is 0 Å². The molecule has 0 N–H and O–H groups in total. The van der Waals surface area contributed by atoms with Crippen molar-refractivity contribution in [2.45, 2.75) is 31.7 Å². The summed E-state index contributed by atoms with van der Waals surface area (Å²) in [6.07, 6.45) is 1.46. The number of carbonyl (C=O) groups is 1. The van der Waals surface area contributed by atoms with Gasteiger partial charge in [-0.3, -0.25) is 9.69 Å².